The monoisotopic (exact) mass is 455 g/mol. The first-order chi connectivity index (χ1) is 16.0. The maximum absolute atomic E-state index is 12.9. The van der Waals surface area contributed by atoms with E-state index in [1.165, 1.54) is 12.8 Å². The molecule has 3 heterocycles. The molecule has 8 nitrogen and oxygen atoms in total. The molecule has 1 unspecified atom stereocenters. The fraction of sp³-hybridized carbons (Fsp3) is 0.640. The third kappa shape index (κ3) is 4.51. The predicted molar refractivity (Wildman–Crippen MR) is 121 cm³/mol. The minimum Gasteiger partial charge on any atom is -0.489 e. The number of benzene rings is 1. The van der Waals surface area contributed by atoms with Gasteiger partial charge in [0, 0.05) is 44.3 Å². The second-order valence-electron chi connectivity index (χ2n) is 9.61. The van der Waals surface area contributed by atoms with Crippen LogP contribution in [0.5, 0.6) is 5.75 Å². The van der Waals surface area contributed by atoms with Gasteiger partial charge in [0.05, 0.1) is 6.10 Å². The highest BCUT2D eigenvalue weighted by molar-refractivity contribution is 6.05. The molecule has 3 fully saturated rings. The molecular weight excluding hydrogens is 422 g/mol. The van der Waals surface area contributed by atoms with Crippen LogP contribution in [-0.4, -0.2) is 71.5 Å². The maximum atomic E-state index is 12.9. The van der Waals surface area contributed by atoms with Crippen molar-refractivity contribution in [3.05, 3.63) is 29.3 Å². The lowest BCUT2D eigenvalue weighted by Gasteiger charge is -2.46. The number of fused-ring (bicyclic) bond motifs is 1. The Hall–Kier alpha value is -2.45. The summed E-state index contributed by atoms with van der Waals surface area (Å²) < 4.78 is 12.3. The van der Waals surface area contributed by atoms with Crippen LogP contribution in [0.1, 0.15) is 67.8 Å². The molecule has 1 saturated carbocycles. The summed E-state index contributed by atoms with van der Waals surface area (Å²) in [4.78, 5) is 40.8. The molecule has 178 valence electrons. The van der Waals surface area contributed by atoms with Crippen molar-refractivity contribution in [2.24, 2.45) is 0 Å². The Morgan fingerprint density at radius 2 is 1.88 bits per heavy atom. The van der Waals surface area contributed by atoms with Crippen LogP contribution < -0.4 is 10.1 Å². The van der Waals surface area contributed by atoms with E-state index in [4.69, 9.17) is 9.47 Å². The first kappa shape index (κ1) is 22.3. The highest BCUT2D eigenvalue weighted by Crippen LogP contribution is 2.33. The molecule has 3 atom stereocenters. The van der Waals surface area contributed by atoms with E-state index in [0.29, 0.717) is 30.7 Å². The zero-order valence-corrected chi connectivity index (χ0v) is 19.3. The van der Waals surface area contributed by atoms with Gasteiger partial charge in [-0.15, -0.1) is 0 Å². The Balaban J connectivity index is 1.27. The van der Waals surface area contributed by atoms with Crippen LogP contribution in [0.25, 0.3) is 0 Å². The number of ether oxygens (including phenoxy) is 2. The summed E-state index contributed by atoms with van der Waals surface area (Å²) in [5.41, 5.74) is 1.50. The molecule has 33 heavy (non-hydrogen) atoms. The van der Waals surface area contributed by atoms with Crippen LogP contribution in [0.4, 0.5) is 0 Å². The fourth-order valence-corrected chi connectivity index (χ4v) is 5.69. The topological polar surface area (TPSA) is 88.2 Å². The Morgan fingerprint density at radius 3 is 2.67 bits per heavy atom. The first-order valence-electron chi connectivity index (χ1n) is 12.3. The van der Waals surface area contributed by atoms with Crippen molar-refractivity contribution >= 4 is 17.7 Å². The molecule has 1 N–H and O–H groups in total. The average molecular weight is 456 g/mol. The van der Waals surface area contributed by atoms with Gasteiger partial charge in [-0.3, -0.25) is 24.6 Å². The third-order valence-corrected chi connectivity index (χ3v) is 7.45. The van der Waals surface area contributed by atoms with Crippen molar-refractivity contribution in [1.82, 2.24) is 15.1 Å². The van der Waals surface area contributed by atoms with Crippen molar-refractivity contribution in [1.29, 1.82) is 0 Å². The first-order valence-corrected chi connectivity index (χ1v) is 12.3. The van der Waals surface area contributed by atoms with Gasteiger partial charge in [0.2, 0.25) is 11.8 Å². The van der Waals surface area contributed by atoms with E-state index in [-0.39, 0.29) is 30.2 Å². The maximum Gasteiger partial charge on any atom is 0.255 e. The number of likely N-dealkylation sites (tertiary alicyclic amines) is 1. The predicted octanol–water partition coefficient (Wildman–Crippen LogP) is 2.25. The smallest absolute Gasteiger partial charge is 0.255 e. The van der Waals surface area contributed by atoms with Gasteiger partial charge in [0.1, 0.15) is 17.9 Å². The average Bonchev–Trinajstić information content (AvgIpc) is 2.92. The molecule has 1 aromatic carbocycles. The summed E-state index contributed by atoms with van der Waals surface area (Å²) in [6.45, 7) is 5.11. The molecule has 0 bridgehead atoms. The van der Waals surface area contributed by atoms with E-state index in [1.54, 1.807) is 4.90 Å². The van der Waals surface area contributed by atoms with Crippen LogP contribution in [0.3, 0.4) is 0 Å². The minimum absolute atomic E-state index is 0.122. The number of hydrogen-bond acceptors (Lipinski definition) is 6. The van der Waals surface area contributed by atoms with Gasteiger partial charge in [0.15, 0.2) is 0 Å². The second-order valence-corrected chi connectivity index (χ2v) is 9.61. The zero-order chi connectivity index (χ0) is 22.9. The molecular formula is C25H33N3O5. The van der Waals surface area contributed by atoms with Gasteiger partial charge in [-0.2, -0.15) is 0 Å². The summed E-state index contributed by atoms with van der Waals surface area (Å²) in [6, 6.07) is 5.45. The number of carbonyl (C=O) groups is 3. The number of rotatable bonds is 6. The van der Waals surface area contributed by atoms with E-state index in [9.17, 15) is 14.4 Å². The van der Waals surface area contributed by atoms with Gasteiger partial charge in [0.25, 0.3) is 5.91 Å². The molecule has 1 aromatic rings. The standard InChI is InChI=1S/C25H33N3O5/c1-2-32-18-14-27(15-18)20-6-4-3-5-7-22(20)33-17-8-9-19-16(12-17)13-28(25(19)31)21-10-11-23(29)26-24(21)30/h8-9,12,18,20-22H,2-7,10-11,13-15H2,1H3,(H,26,29,30)/t20-,21?,22+/m1/s1. The largest absolute Gasteiger partial charge is 0.489 e. The normalized spacial score (nSPS) is 28.8. The second kappa shape index (κ2) is 9.43. The molecule has 2 saturated heterocycles. The highest BCUT2D eigenvalue weighted by Gasteiger charge is 2.40. The van der Waals surface area contributed by atoms with E-state index in [2.05, 4.69) is 10.2 Å². The number of imide groups is 1. The van der Waals surface area contributed by atoms with Crippen molar-refractivity contribution in [3.8, 4) is 5.75 Å². The Kier molecular flexibility index (Phi) is 6.38. The molecule has 8 heteroatoms. The SMILES string of the molecule is CCOC1CN([C@@H]2CCCCC[C@@H]2Oc2ccc3c(c2)CN(C2CCC(=O)NC2=O)C3=O)C1. The summed E-state index contributed by atoms with van der Waals surface area (Å²) >= 11 is 0. The summed E-state index contributed by atoms with van der Waals surface area (Å²) in [7, 11) is 0. The van der Waals surface area contributed by atoms with Gasteiger partial charge < -0.3 is 14.4 Å². The third-order valence-electron chi connectivity index (χ3n) is 7.45. The lowest BCUT2D eigenvalue weighted by atomic mass is 9.98. The molecule has 3 aliphatic heterocycles. The summed E-state index contributed by atoms with van der Waals surface area (Å²) in [5, 5.41) is 2.35. The van der Waals surface area contributed by atoms with Crippen LogP contribution in [-0.2, 0) is 20.9 Å². The Labute approximate surface area is 194 Å². The van der Waals surface area contributed by atoms with E-state index in [1.807, 2.05) is 25.1 Å². The van der Waals surface area contributed by atoms with Crippen LogP contribution in [0, 0.1) is 0 Å². The molecule has 0 spiro atoms. The molecule has 4 aliphatic rings. The Morgan fingerprint density at radius 1 is 1.06 bits per heavy atom. The van der Waals surface area contributed by atoms with Crippen molar-refractivity contribution in [2.75, 3.05) is 19.7 Å². The van der Waals surface area contributed by atoms with Crippen molar-refractivity contribution in [2.45, 2.75) is 82.7 Å². The highest BCUT2D eigenvalue weighted by atomic mass is 16.5. The lowest BCUT2D eigenvalue weighted by Crippen LogP contribution is -2.60. The van der Waals surface area contributed by atoms with Gasteiger partial charge in [-0.05, 0) is 56.4 Å². The Bertz CT molecular complexity index is 929. The van der Waals surface area contributed by atoms with Crippen LogP contribution in [0.2, 0.25) is 0 Å². The number of nitrogens with zero attached hydrogens (tertiary/aromatic N) is 2. The van der Waals surface area contributed by atoms with Gasteiger partial charge in [-0.1, -0.05) is 12.8 Å². The number of hydrogen-bond donors (Lipinski definition) is 1. The zero-order valence-electron chi connectivity index (χ0n) is 19.3. The van der Waals surface area contributed by atoms with Crippen LogP contribution in [0.15, 0.2) is 18.2 Å². The number of amides is 3. The van der Waals surface area contributed by atoms with E-state index in [0.717, 1.165) is 50.3 Å². The van der Waals surface area contributed by atoms with Gasteiger partial charge in [-0.25, -0.2) is 0 Å². The summed E-state index contributed by atoms with van der Waals surface area (Å²) in [5.74, 6) is -0.0275. The lowest BCUT2D eigenvalue weighted by molar-refractivity contribution is -0.136. The summed E-state index contributed by atoms with van der Waals surface area (Å²) in [6.07, 6.45) is 6.87. The van der Waals surface area contributed by atoms with Crippen molar-refractivity contribution in [3.63, 3.8) is 0 Å². The van der Waals surface area contributed by atoms with E-state index < -0.39 is 6.04 Å². The molecule has 0 radical (unpaired) electrons. The number of piperidine rings is 1. The van der Waals surface area contributed by atoms with Gasteiger partial charge >= 0.3 is 0 Å². The fourth-order valence-electron chi connectivity index (χ4n) is 5.69. The van der Waals surface area contributed by atoms with Crippen LogP contribution >= 0.6 is 0 Å². The minimum atomic E-state index is -0.595. The van der Waals surface area contributed by atoms with E-state index >= 15 is 0 Å². The molecule has 0 aromatic heterocycles. The molecule has 1 aliphatic carbocycles. The molecule has 3 amide bonds. The number of nitrogens with one attached hydrogen (secondary N) is 1. The quantitative estimate of drug-likeness (QED) is 0.523. The van der Waals surface area contributed by atoms with Crippen molar-refractivity contribution < 1.29 is 23.9 Å². The molecule has 5 rings (SSSR count). The number of carbonyl (C=O) groups excluding carboxylic acids is 3.